The van der Waals surface area contributed by atoms with Crippen LogP contribution in [0.3, 0.4) is 0 Å². The van der Waals surface area contributed by atoms with Gasteiger partial charge in [-0.05, 0) is 38.9 Å². The molecule has 0 aromatic heterocycles. The van der Waals surface area contributed by atoms with Crippen molar-refractivity contribution in [3.63, 3.8) is 0 Å². The van der Waals surface area contributed by atoms with Crippen molar-refractivity contribution in [2.45, 2.75) is 39.2 Å². The fraction of sp³-hybridized carbons (Fsp3) is 0.909. The summed E-state index contributed by atoms with van der Waals surface area (Å²) in [4.78, 5) is 2.12. The normalized spacial score (nSPS) is 11.3. The smallest absolute Gasteiger partial charge is 0.169 e. The molecule has 0 saturated heterocycles. The molecule has 0 radical (unpaired) electrons. The maximum atomic E-state index is 5.31. The Labute approximate surface area is 99.2 Å². The molecule has 0 unspecified atom stereocenters. The van der Waals surface area contributed by atoms with Gasteiger partial charge in [-0.15, -0.1) is 0 Å². The van der Waals surface area contributed by atoms with Gasteiger partial charge in [-0.25, -0.2) is 0 Å². The Bertz CT molecular complexity index is 195. The standard InChI is InChI=1S/C11H24N2OS/c1-6-11(2,3)13(4)10(15)12-8-7-9-14-5/h6-9H2,1-5H3,(H,12,15). The van der Waals surface area contributed by atoms with Crippen molar-refractivity contribution in [1.29, 1.82) is 0 Å². The molecule has 0 aliphatic rings. The van der Waals surface area contributed by atoms with Gasteiger partial charge in [0.1, 0.15) is 0 Å². The van der Waals surface area contributed by atoms with Crippen molar-refractivity contribution in [3.8, 4) is 0 Å². The molecule has 15 heavy (non-hydrogen) atoms. The van der Waals surface area contributed by atoms with E-state index in [-0.39, 0.29) is 5.54 Å². The predicted octanol–water partition coefficient (Wildman–Crippen LogP) is 2.02. The molecule has 0 bridgehead atoms. The topological polar surface area (TPSA) is 24.5 Å². The molecule has 0 rings (SSSR count). The second-order valence-corrected chi connectivity index (χ2v) is 4.69. The van der Waals surface area contributed by atoms with Gasteiger partial charge in [0.25, 0.3) is 0 Å². The molecule has 0 aliphatic carbocycles. The number of thiocarbonyl (C=S) groups is 1. The summed E-state index contributed by atoms with van der Waals surface area (Å²) in [6, 6.07) is 0. The van der Waals surface area contributed by atoms with E-state index in [1.807, 2.05) is 7.05 Å². The summed E-state index contributed by atoms with van der Waals surface area (Å²) in [5.41, 5.74) is 0.116. The van der Waals surface area contributed by atoms with E-state index in [1.165, 1.54) is 0 Å². The number of hydrogen-bond acceptors (Lipinski definition) is 2. The van der Waals surface area contributed by atoms with E-state index in [0.29, 0.717) is 0 Å². The van der Waals surface area contributed by atoms with Gasteiger partial charge in [0.05, 0.1) is 0 Å². The van der Waals surface area contributed by atoms with Crippen LogP contribution in [0.5, 0.6) is 0 Å². The molecule has 4 heteroatoms. The third kappa shape index (κ3) is 5.33. The molecule has 90 valence electrons. The van der Waals surface area contributed by atoms with Crippen LogP contribution in [0.15, 0.2) is 0 Å². The van der Waals surface area contributed by atoms with E-state index in [9.17, 15) is 0 Å². The molecular weight excluding hydrogens is 208 g/mol. The van der Waals surface area contributed by atoms with Crippen molar-refractivity contribution >= 4 is 17.3 Å². The SMILES string of the molecule is CCC(C)(C)N(C)C(=S)NCCCOC. The highest BCUT2D eigenvalue weighted by atomic mass is 32.1. The summed E-state index contributed by atoms with van der Waals surface area (Å²) in [6.45, 7) is 8.20. The van der Waals surface area contributed by atoms with Gasteiger partial charge in [-0.3, -0.25) is 0 Å². The second kappa shape index (κ2) is 7.01. The van der Waals surface area contributed by atoms with Gasteiger partial charge in [0.2, 0.25) is 0 Å². The lowest BCUT2D eigenvalue weighted by Gasteiger charge is -2.36. The van der Waals surface area contributed by atoms with E-state index in [4.69, 9.17) is 17.0 Å². The minimum atomic E-state index is 0.116. The molecular formula is C11H24N2OS. The number of hydrogen-bond donors (Lipinski definition) is 1. The highest BCUT2D eigenvalue weighted by Crippen LogP contribution is 2.16. The Morgan fingerprint density at radius 2 is 2.07 bits per heavy atom. The van der Waals surface area contributed by atoms with Crippen LogP contribution in [0.4, 0.5) is 0 Å². The summed E-state index contributed by atoms with van der Waals surface area (Å²) in [7, 11) is 3.75. The average Bonchev–Trinajstić information content (AvgIpc) is 2.23. The van der Waals surface area contributed by atoms with Crippen LogP contribution in [0.25, 0.3) is 0 Å². The number of methoxy groups -OCH3 is 1. The summed E-state index contributed by atoms with van der Waals surface area (Å²) in [5.74, 6) is 0. The number of nitrogens with one attached hydrogen (secondary N) is 1. The fourth-order valence-electron chi connectivity index (χ4n) is 1.04. The third-order valence-electron chi connectivity index (χ3n) is 2.88. The van der Waals surface area contributed by atoms with Gasteiger partial charge in [-0.1, -0.05) is 6.92 Å². The van der Waals surface area contributed by atoms with Crippen molar-refractivity contribution in [2.75, 3.05) is 27.3 Å². The van der Waals surface area contributed by atoms with E-state index < -0.39 is 0 Å². The Kier molecular flexibility index (Phi) is 6.85. The van der Waals surface area contributed by atoms with Gasteiger partial charge < -0.3 is 15.0 Å². The van der Waals surface area contributed by atoms with Crippen LogP contribution >= 0.6 is 12.2 Å². The monoisotopic (exact) mass is 232 g/mol. The number of ether oxygens (including phenoxy) is 1. The number of rotatable bonds is 6. The Morgan fingerprint density at radius 3 is 2.53 bits per heavy atom. The Balaban J connectivity index is 3.89. The molecule has 0 heterocycles. The van der Waals surface area contributed by atoms with Crippen LogP contribution in [0, 0.1) is 0 Å². The zero-order valence-corrected chi connectivity index (χ0v) is 11.4. The lowest BCUT2D eigenvalue weighted by Crippen LogP contribution is -2.49. The average molecular weight is 232 g/mol. The minimum Gasteiger partial charge on any atom is -0.385 e. The van der Waals surface area contributed by atoms with Crippen LogP contribution < -0.4 is 5.32 Å². The van der Waals surface area contributed by atoms with Crippen LogP contribution in [0.2, 0.25) is 0 Å². The largest absolute Gasteiger partial charge is 0.385 e. The van der Waals surface area contributed by atoms with E-state index in [0.717, 1.165) is 31.1 Å². The maximum absolute atomic E-state index is 5.31. The van der Waals surface area contributed by atoms with Crippen LogP contribution in [0.1, 0.15) is 33.6 Å². The van der Waals surface area contributed by atoms with Crippen molar-refractivity contribution in [1.82, 2.24) is 10.2 Å². The first-order valence-electron chi connectivity index (χ1n) is 5.46. The zero-order chi connectivity index (χ0) is 11.9. The van der Waals surface area contributed by atoms with E-state index >= 15 is 0 Å². The molecule has 0 aromatic carbocycles. The molecule has 1 N–H and O–H groups in total. The quantitative estimate of drug-likeness (QED) is 0.559. The van der Waals surface area contributed by atoms with E-state index in [1.54, 1.807) is 7.11 Å². The summed E-state index contributed by atoms with van der Waals surface area (Å²) in [5, 5.41) is 4.05. The van der Waals surface area contributed by atoms with Crippen molar-refractivity contribution in [2.24, 2.45) is 0 Å². The van der Waals surface area contributed by atoms with E-state index in [2.05, 4.69) is 31.0 Å². The highest BCUT2D eigenvalue weighted by Gasteiger charge is 2.22. The first kappa shape index (κ1) is 14.6. The van der Waals surface area contributed by atoms with Gasteiger partial charge in [-0.2, -0.15) is 0 Å². The van der Waals surface area contributed by atoms with Crippen LogP contribution in [-0.4, -0.2) is 42.9 Å². The molecule has 0 amide bonds. The number of nitrogens with zero attached hydrogens (tertiary/aromatic N) is 1. The third-order valence-corrected chi connectivity index (χ3v) is 3.30. The first-order valence-corrected chi connectivity index (χ1v) is 5.87. The summed E-state index contributed by atoms with van der Waals surface area (Å²) < 4.78 is 4.98. The second-order valence-electron chi connectivity index (χ2n) is 4.30. The molecule has 0 atom stereocenters. The lowest BCUT2D eigenvalue weighted by atomic mass is 10.0. The molecule has 0 aliphatic heterocycles. The van der Waals surface area contributed by atoms with Gasteiger partial charge in [0, 0.05) is 32.8 Å². The maximum Gasteiger partial charge on any atom is 0.169 e. The fourth-order valence-corrected chi connectivity index (χ4v) is 1.39. The first-order chi connectivity index (χ1) is 6.95. The predicted molar refractivity (Wildman–Crippen MR) is 69.2 cm³/mol. The molecule has 0 spiro atoms. The Hall–Kier alpha value is -0.350. The van der Waals surface area contributed by atoms with Gasteiger partial charge >= 0.3 is 0 Å². The lowest BCUT2D eigenvalue weighted by molar-refractivity contribution is 0.194. The Morgan fingerprint density at radius 1 is 1.47 bits per heavy atom. The minimum absolute atomic E-state index is 0.116. The molecule has 0 aromatic rings. The van der Waals surface area contributed by atoms with Crippen LogP contribution in [-0.2, 0) is 4.74 Å². The highest BCUT2D eigenvalue weighted by molar-refractivity contribution is 7.80. The molecule has 0 saturated carbocycles. The summed E-state index contributed by atoms with van der Waals surface area (Å²) >= 11 is 5.31. The van der Waals surface area contributed by atoms with Gasteiger partial charge in [0.15, 0.2) is 5.11 Å². The summed E-state index contributed by atoms with van der Waals surface area (Å²) in [6.07, 6.45) is 2.06. The zero-order valence-electron chi connectivity index (χ0n) is 10.6. The van der Waals surface area contributed by atoms with Crippen molar-refractivity contribution < 1.29 is 4.74 Å². The van der Waals surface area contributed by atoms with Crippen molar-refractivity contribution in [3.05, 3.63) is 0 Å². The molecule has 0 fully saturated rings. The molecule has 3 nitrogen and oxygen atoms in total.